The monoisotopic (exact) mass is 642 g/mol. The number of methoxy groups -OCH3 is 1. The lowest BCUT2D eigenvalue weighted by atomic mass is 10.0. The van der Waals surface area contributed by atoms with Crippen LogP contribution in [0.1, 0.15) is 26.1 Å². The van der Waals surface area contributed by atoms with E-state index >= 15 is 0 Å². The SMILES string of the molecule is COc1cc(S(=O)(=O)N(C)C(C)C)c(F)cc1NCC#Cc1nc2c(N[C@@H]3CCN(C)C[C@@H]3F)cccc2n1CC(F)(F)F. The Balaban J connectivity index is 1.61. The van der Waals surface area contributed by atoms with Crippen LogP contribution < -0.4 is 15.4 Å². The summed E-state index contributed by atoms with van der Waals surface area (Å²) in [6, 6.07) is 5.78. The molecule has 0 bridgehead atoms. The number of halogens is 5. The average molecular weight is 643 g/mol. The number of fused-ring (bicyclic) bond motifs is 1. The van der Waals surface area contributed by atoms with Gasteiger partial charge in [-0.2, -0.15) is 17.5 Å². The Kier molecular flexibility index (Phi) is 9.96. The molecule has 1 aromatic heterocycles. The van der Waals surface area contributed by atoms with Crippen LogP contribution in [0.3, 0.4) is 0 Å². The maximum atomic E-state index is 14.9. The van der Waals surface area contributed by atoms with E-state index in [9.17, 15) is 30.4 Å². The van der Waals surface area contributed by atoms with Crippen LogP contribution in [0.2, 0.25) is 0 Å². The molecule has 0 saturated carbocycles. The van der Waals surface area contributed by atoms with E-state index in [0.29, 0.717) is 18.7 Å². The van der Waals surface area contributed by atoms with Crippen molar-refractivity contribution in [2.75, 3.05) is 51.5 Å². The lowest BCUT2D eigenvalue weighted by Gasteiger charge is -2.33. The third-order valence-corrected chi connectivity index (χ3v) is 9.46. The van der Waals surface area contributed by atoms with Crippen LogP contribution in [0.5, 0.6) is 5.75 Å². The molecule has 15 heteroatoms. The Bertz CT molecular complexity index is 1670. The zero-order valence-corrected chi connectivity index (χ0v) is 25.8. The van der Waals surface area contributed by atoms with Gasteiger partial charge in [0.2, 0.25) is 10.0 Å². The van der Waals surface area contributed by atoms with Crippen molar-refractivity contribution in [3.05, 3.63) is 42.0 Å². The molecule has 4 rings (SSSR count). The number of hydrogen-bond acceptors (Lipinski definition) is 7. The van der Waals surface area contributed by atoms with Crippen molar-refractivity contribution < 1.29 is 35.1 Å². The number of piperidine rings is 1. The number of sulfonamides is 1. The molecule has 0 amide bonds. The molecular formula is C29H35F5N6O3S. The molecular weight excluding hydrogens is 607 g/mol. The number of anilines is 2. The van der Waals surface area contributed by atoms with Crippen molar-refractivity contribution in [1.82, 2.24) is 18.8 Å². The first-order chi connectivity index (χ1) is 20.6. The number of benzene rings is 2. The fraction of sp³-hybridized carbons (Fsp3) is 0.483. The predicted molar refractivity (Wildman–Crippen MR) is 159 cm³/mol. The number of hydrogen-bond donors (Lipinski definition) is 2. The minimum atomic E-state index is -4.57. The Labute approximate surface area is 253 Å². The number of likely N-dealkylation sites (tertiary alicyclic amines) is 1. The van der Waals surface area contributed by atoms with Gasteiger partial charge in [0, 0.05) is 38.3 Å². The van der Waals surface area contributed by atoms with Gasteiger partial charge in [0.25, 0.3) is 0 Å². The summed E-state index contributed by atoms with van der Waals surface area (Å²) in [4.78, 5) is 5.68. The van der Waals surface area contributed by atoms with E-state index in [4.69, 9.17) is 4.74 Å². The lowest BCUT2D eigenvalue weighted by molar-refractivity contribution is -0.140. The van der Waals surface area contributed by atoms with Crippen LogP contribution in [0.25, 0.3) is 11.0 Å². The average Bonchev–Trinajstić information content (AvgIpc) is 3.28. The van der Waals surface area contributed by atoms with Crippen LogP contribution in [0, 0.1) is 17.7 Å². The Morgan fingerprint density at radius 1 is 1.23 bits per heavy atom. The van der Waals surface area contributed by atoms with E-state index in [1.165, 1.54) is 20.2 Å². The standard InChI is InChI=1S/C29H35F5N6O3S/c1-18(2)39(4)44(41,42)26-15-25(43-5)23(14-19(26)30)35-12-7-10-27-37-28-22(36-21-11-13-38(3)16-20(21)31)8-6-9-24(28)40(27)17-29(32,33)34/h6,8-9,14-15,18,20-21,35-36H,11-13,16-17H2,1-5H3/t20-,21+/m0/s1. The highest BCUT2D eigenvalue weighted by Crippen LogP contribution is 2.32. The molecule has 1 aliphatic rings. The smallest absolute Gasteiger partial charge is 0.406 e. The Morgan fingerprint density at radius 2 is 1.95 bits per heavy atom. The minimum Gasteiger partial charge on any atom is -0.495 e. The molecule has 2 N–H and O–H groups in total. The van der Waals surface area contributed by atoms with E-state index in [-0.39, 0.29) is 41.4 Å². The number of para-hydroxylation sites is 1. The largest absolute Gasteiger partial charge is 0.495 e. The highest BCUT2D eigenvalue weighted by molar-refractivity contribution is 7.89. The quantitative estimate of drug-likeness (QED) is 0.259. The predicted octanol–water partition coefficient (Wildman–Crippen LogP) is 4.69. The fourth-order valence-electron chi connectivity index (χ4n) is 4.85. The summed E-state index contributed by atoms with van der Waals surface area (Å²) in [7, 11) is 0.306. The molecule has 2 heterocycles. The zero-order chi connectivity index (χ0) is 32.4. The first kappa shape index (κ1) is 33.3. The summed E-state index contributed by atoms with van der Waals surface area (Å²) >= 11 is 0. The summed E-state index contributed by atoms with van der Waals surface area (Å²) in [5.74, 6) is 4.20. The number of alkyl halides is 4. The number of aromatic nitrogens is 2. The van der Waals surface area contributed by atoms with Gasteiger partial charge in [-0.15, -0.1) is 0 Å². The molecule has 9 nitrogen and oxygen atoms in total. The molecule has 3 aromatic rings. The third kappa shape index (κ3) is 7.36. The fourth-order valence-corrected chi connectivity index (χ4v) is 6.28. The maximum Gasteiger partial charge on any atom is 0.406 e. The van der Waals surface area contributed by atoms with Gasteiger partial charge in [-0.3, -0.25) is 0 Å². The molecule has 2 aromatic carbocycles. The summed E-state index contributed by atoms with van der Waals surface area (Å²) in [6.45, 7) is 2.70. The molecule has 0 unspecified atom stereocenters. The van der Waals surface area contributed by atoms with Gasteiger partial charge in [-0.25, -0.2) is 22.2 Å². The minimum absolute atomic E-state index is 0.0315. The summed E-state index contributed by atoms with van der Waals surface area (Å²) < 4.78 is 103. The topological polar surface area (TPSA) is 91.7 Å². The summed E-state index contributed by atoms with van der Waals surface area (Å²) in [5.41, 5.74) is 0.909. The van der Waals surface area contributed by atoms with Gasteiger partial charge in [-0.05, 0) is 45.4 Å². The molecule has 1 saturated heterocycles. The van der Waals surface area contributed by atoms with E-state index in [1.54, 1.807) is 26.0 Å². The van der Waals surface area contributed by atoms with E-state index in [0.717, 1.165) is 21.0 Å². The first-order valence-electron chi connectivity index (χ1n) is 13.9. The second-order valence-electron chi connectivity index (χ2n) is 10.9. The van der Waals surface area contributed by atoms with Crippen LogP contribution in [0.15, 0.2) is 35.2 Å². The normalized spacial score (nSPS) is 18.0. The molecule has 2 atom stereocenters. The molecule has 240 valence electrons. The molecule has 1 aliphatic heterocycles. The lowest BCUT2D eigenvalue weighted by Crippen LogP contribution is -2.46. The van der Waals surface area contributed by atoms with Gasteiger partial charge in [-0.1, -0.05) is 12.0 Å². The van der Waals surface area contributed by atoms with Gasteiger partial charge < -0.3 is 24.8 Å². The molecule has 0 aliphatic carbocycles. The number of nitrogens with one attached hydrogen (secondary N) is 2. The number of ether oxygens (including phenoxy) is 1. The van der Waals surface area contributed by atoms with Gasteiger partial charge in [0.1, 0.15) is 34.7 Å². The van der Waals surface area contributed by atoms with Gasteiger partial charge >= 0.3 is 6.18 Å². The maximum absolute atomic E-state index is 14.9. The molecule has 0 spiro atoms. The van der Waals surface area contributed by atoms with Crippen molar-refractivity contribution >= 4 is 32.4 Å². The van der Waals surface area contributed by atoms with Crippen molar-refractivity contribution in [2.45, 2.75) is 56.1 Å². The number of nitrogens with zero attached hydrogens (tertiary/aromatic N) is 4. The van der Waals surface area contributed by atoms with Crippen LogP contribution in [0.4, 0.5) is 33.3 Å². The molecule has 44 heavy (non-hydrogen) atoms. The molecule has 1 fully saturated rings. The van der Waals surface area contributed by atoms with Gasteiger partial charge in [0.15, 0.2) is 5.82 Å². The third-order valence-electron chi connectivity index (χ3n) is 7.41. The summed E-state index contributed by atoms with van der Waals surface area (Å²) in [6.07, 6.45) is -5.22. The second kappa shape index (κ2) is 13.2. The van der Waals surface area contributed by atoms with Crippen LogP contribution in [-0.4, -0.2) is 92.4 Å². The van der Waals surface area contributed by atoms with Crippen LogP contribution >= 0.6 is 0 Å². The Hall–Kier alpha value is -3.61. The van der Waals surface area contributed by atoms with Crippen molar-refractivity contribution in [2.24, 2.45) is 0 Å². The Morgan fingerprint density at radius 3 is 2.59 bits per heavy atom. The second-order valence-corrected chi connectivity index (χ2v) is 12.8. The summed E-state index contributed by atoms with van der Waals surface area (Å²) in [5, 5.41) is 5.93. The first-order valence-corrected chi connectivity index (χ1v) is 15.3. The van der Waals surface area contributed by atoms with Crippen LogP contribution in [-0.2, 0) is 16.6 Å². The number of rotatable bonds is 9. The zero-order valence-electron chi connectivity index (χ0n) is 25.0. The highest BCUT2D eigenvalue weighted by Gasteiger charge is 2.32. The van der Waals surface area contributed by atoms with Crippen molar-refractivity contribution in [3.63, 3.8) is 0 Å². The van der Waals surface area contributed by atoms with E-state index in [1.807, 2.05) is 11.9 Å². The van der Waals surface area contributed by atoms with E-state index < -0.39 is 51.7 Å². The van der Waals surface area contributed by atoms with E-state index in [2.05, 4.69) is 27.5 Å². The molecule has 0 radical (unpaired) electrons. The van der Waals surface area contributed by atoms with Crippen molar-refractivity contribution in [3.8, 4) is 17.6 Å². The number of imidazole rings is 1. The highest BCUT2D eigenvalue weighted by atomic mass is 32.2. The van der Waals surface area contributed by atoms with Crippen molar-refractivity contribution in [1.29, 1.82) is 0 Å². The van der Waals surface area contributed by atoms with Gasteiger partial charge in [0.05, 0.1) is 36.6 Å².